The van der Waals surface area contributed by atoms with Crippen LogP contribution in [0.4, 0.5) is 8.78 Å². The molecule has 0 aromatic rings. The van der Waals surface area contributed by atoms with Crippen molar-refractivity contribution < 1.29 is 13.5 Å². The van der Waals surface area contributed by atoms with Crippen molar-refractivity contribution in [1.82, 2.24) is 0 Å². The average molecular weight is 145 g/mol. The Hall–Kier alpha value is 0.110. The third kappa shape index (κ3) is 6.11. The summed E-state index contributed by atoms with van der Waals surface area (Å²) < 4.78 is 26.7. The van der Waals surface area contributed by atoms with E-state index in [0.29, 0.717) is 0 Å². The maximum atomic E-state index is 11.2. The predicted molar refractivity (Wildman–Crippen MR) is 27.5 cm³/mol. The molecule has 0 aliphatic heterocycles. The van der Waals surface area contributed by atoms with Gasteiger partial charge in [-0.05, 0) is 0 Å². The van der Waals surface area contributed by atoms with Gasteiger partial charge >= 0.3 is 0 Å². The van der Waals surface area contributed by atoms with Gasteiger partial charge in [0.05, 0.1) is 6.61 Å². The topological polar surface area (TPSA) is 9.23 Å². The lowest BCUT2D eigenvalue weighted by molar-refractivity contribution is 0.0235. The van der Waals surface area contributed by atoms with E-state index in [1.807, 2.05) is 0 Å². The van der Waals surface area contributed by atoms with Crippen molar-refractivity contribution in [3.63, 3.8) is 0 Å². The molecule has 0 saturated carbocycles. The Morgan fingerprint density at radius 2 is 2.12 bits per heavy atom. The van der Waals surface area contributed by atoms with Crippen molar-refractivity contribution in [3.8, 4) is 0 Å². The Kier molecular flexibility index (Phi) is 5.32. The van der Waals surface area contributed by atoms with Gasteiger partial charge in [0, 0.05) is 5.88 Å². The third-order valence-corrected chi connectivity index (χ3v) is 0.620. The second-order valence-corrected chi connectivity index (χ2v) is 1.53. The van der Waals surface area contributed by atoms with Crippen LogP contribution in [0, 0.1) is 0 Å². The number of halogens is 3. The maximum absolute atomic E-state index is 11.2. The molecule has 50 valence electrons. The van der Waals surface area contributed by atoms with Crippen molar-refractivity contribution >= 4 is 11.6 Å². The molecule has 0 atom stereocenters. The fraction of sp³-hybridized carbons (Fsp3) is 1.00. The zero-order valence-electron chi connectivity index (χ0n) is 4.24. The van der Waals surface area contributed by atoms with Crippen LogP contribution < -0.4 is 0 Å². The fourth-order valence-electron chi connectivity index (χ4n) is 0.227. The van der Waals surface area contributed by atoms with E-state index in [9.17, 15) is 8.78 Å². The van der Waals surface area contributed by atoms with Crippen molar-refractivity contribution in [2.45, 2.75) is 6.43 Å². The van der Waals surface area contributed by atoms with Crippen molar-refractivity contribution in [3.05, 3.63) is 0 Å². The lowest BCUT2D eigenvalue weighted by Crippen LogP contribution is -2.05. The smallest absolute Gasteiger partial charge is 0.261 e. The predicted octanol–water partition coefficient (Wildman–Crippen LogP) is 1.51. The van der Waals surface area contributed by atoms with Gasteiger partial charge in [-0.1, -0.05) is 0 Å². The van der Waals surface area contributed by atoms with E-state index < -0.39 is 13.0 Å². The van der Waals surface area contributed by atoms with Crippen LogP contribution in [0.2, 0.25) is 0 Å². The molecule has 0 bridgehead atoms. The van der Waals surface area contributed by atoms with Gasteiger partial charge in [-0.3, -0.25) is 0 Å². The van der Waals surface area contributed by atoms with Gasteiger partial charge in [-0.25, -0.2) is 8.78 Å². The molecule has 8 heavy (non-hydrogen) atoms. The highest BCUT2D eigenvalue weighted by Gasteiger charge is 1.99. The highest BCUT2D eigenvalue weighted by atomic mass is 35.5. The molecular weight excluding hydrogens is 137 g/mol. The summed E-state index contributed by atoms with van der Waals surface area (Å²) in [5.41, 5.74) is 0. The molecule has 0 spiro atoms. The van der Waals surface area contributed by atoms with Gasteiger partial charge in [0.1, 0.15) is 6.61 Å². The van der Waals surface area contributed by atoms with E-state index in [2.05, 4.69) is 4.74 Å². The first-order chi connectivity index (χ1) is 3.77. The lowest BCUT2D eigenvalue weighted by atomic mass is 10.7. The van der Waals surface area contributed by atoms with Crippen LogP contribution in [0.5, 0.6) is 0 Å². The molecule has 0 aromatic heterocycles. The highest BCUT2D eigenvalue weighted by molar-refractivity contribution is 6.17. The van der Waals surface area contributed by atoms with Crippen molar-refractivity contribution in [2.75, 3.05) is 19.1 Å². The molecule has 0 fully saturated rings. The summed E-state index contributed by atoms with van der Waals surface area (Å²) in [6.45, 7) is -0.307. The molecule has 4 heteroatoms. The maximum Gasteiger partial charge on any atom is 0.261 e. The van der Waals surface area contributed by atoms with Gasteiger partial charge in [0.25, 0.3) is 6.43 Å². The first-order valence-electron chi connectivity index (χ1n) is 2.19. The van der Waals surface area contributed by atoms with E-state index in [1.165, 1.54) is 0 Å². The van der Waals surface area contributed by atoms with Gasteiger partial charge in [0.15, 0.2) is 0 Å². The van der Waals surface area contributed by atoms with E-state index in [0.717, 1.165) is 0 Å². The summed E-state index contributed by atoms with van der Waals surface area (Å²) in [5.74, 6) is 0.271. The number of hydrogen-bond donors (Lipinski definition) is 0. The first-order valence-corrected chi connectivity index (χ1v) is 2.72. The average Bonchev–Trinajstić information content (AvgIpc) is 1.66. The normalized spacial score (nSPS) is 10.5. The zero-order chi connectivity index (χ0) is 6.41. The summed E-state index contributed by atoms with van der Waals surface area (Å²) in [7, 11) is 0. The Bertz CT molecular complexity index is 51.3. The number of rotatable bonds is 4. The lowest BCUT2D eigenvalue weighted by Gasteiger charge is -1.97. The van der Waals surface area contributed by atoms with Crippen LogP contribution in [0.3, 0.4) is 0 Å². The summed E-state index contributed by atoms with van der Waals surface area (Å²) in [5, 5.41) is 0. The summed E-state index contributed by atoms with van der Waals surface area (Å²) in [6.07, 6.45) is -2.38. The van der Waals surface area contributed by atoms with Gasteiger partial charge < -0.3 is 4.74 Å². The monoisotopic (exact) mass is 144 g/mol. The van der Waals surface area contributed by atoms with Gasteiger partial charge in [-0.15, -0.1) is 11.6 Å². The number of hydrogen-bond acceptors (Lipinski definition) is 1. The standard InChI is InChI=1S/C4H7ClF2O/c5-1-2-8-3-4(6)7/h4H,1-3H2. The fourth-order valence-corrected chi connectivity index (χ4v) is 0.336. The second-order valence-electron chi connectivity index (χ2n) is 1.15. The summed E-state index contributed by atoms with van der Waals surface area (Å²) in [4.78, 5) is 0. The SMILES string of the molecule is FC(F)COCCCl. The van der Waals surface area contributed by atoms with Crippen LogP contribution in [0.15, 0.2) is 0 Å². The number of alkyl halides is 3. The molecule has 0 heterocycles. The molecule has 1 nitrogen and oxygen atoms in total. The summed E-state index contributed by atoms with van der Waals surface area (Å²) >= 11 is 5.12. The minimum Gasteiger partial charge on any atom is -0.374 e. The molecule has 0 aliphatic rings. The Morgan fingerprint density at radius 1 is 1.50 bits per heavy atom. The minimum absolute atomic E-state index is 0.200. The first kappa shape index (κ1) is 8.11. The Morgan fingerprint density at radius 3 is 2.50 bits per heavy atom. The molecule has 0 radical (unpaired) electrons. The Balaban J connectivity index is 2.72. The van der Waals surface area contributed by atoms with Crippen molar-refractivity contribution in [1.29, 1.82) is 0 Å². The highest BCUT2D eigenvalue weighted by Crippen LogP contribution is 1.91. The van der Waals surface area contributed by atoms with E-state index >= 15 is 0 Å². The third-order valence-electron chi connectivity index (χ3n) is 0.465. The molecule has 0 N–H and O–H groups in total. The van der Waals surface area contributed by atoms with Crippen molar-refractivity contribution in [2.24, 2.45) is 0 Å². The van der Waals surface area contributed by atoms with E-state index in [1.54, 1.807) is 0 Å². The quantitative estimate of drug-likeness (QED) is 0.429. The molecule has 0 unspecified atom stereocenters. The van der Waals surface area contributed by atoms with E-state index in [4.69, 9.17) is 11.6 Å². The molecule has 0 saturated heterocycles. The molecule has 0 aliphatic carbocycles. The zero-order valence-corrected chi connectivity index (χ0v) is 5.00. The second kappa shape index (κ2) is 5.25. The molecule has 0 aromatic carbocycles. The van der Waals surface area contributed by atoms with Gasteiger partial charge in [-0.2, -0.15) is 0 Å². The van der Waals surface area contributed by atoms with Crippen LogP contribution >= 0.6 is 11.6 Å². The molecule has 0 amide bonds. The number of ether oxygens (including phenoxy) is 1. The minimum atomic E-state index is -2.38. The molecule has 0 rings (SSSR count). The van der Waals surface area contributed by atoms with Crippen LogP contribution in [-0.4, -0.2) is 25.5 Å². The summed E-state index contributed by atoms with van der Waals surface area (Å²) in [6, 6.07) is 0. The molecular formula is C4H7ClF2O. The van der Waals surface area contributed by atoms with Crippen LogP contribution in [-0.2, 0) is 4.74 Å². The van der Waals surface area contributed by atoms with E-state index in [-0.39, 0.29) is 12.5 Å². The van der Waals surface area contributed by atoms with Crippen LogP contribution in [0.1, 0.15) is 0 Å². The largest absolute Gasteiger partial charge is 0.374 e. The van der Waals surface area contributed by atoms with Gasteiger partial charge in [0.2, 0.25) is 0 Å². The Labute approximate surface area is 51.6 Å². The van der Waals surface area contributed by atoms with Crippen LogP contribution in [0.25, 0.3) is 0 Å².